The van der Waals surface area contributed by atoms with E-state index in [1.807, 2.05) is 6.92 Å². The zero-order chi connectivity index (χ0) is 23.1. The first-order valence-electron chi connectivity index (χ1n) is 10.0. The molecule has 0 fully saturated rings. The highest BCUT2D eigenvalue weighted by Gasteiger charge is 2.16. The number of carbonyl (C=O) groups excluding carboxylic acids is 3. The lowest BCUT2D eigenvalue weighted by atomic mass is 10.1. The van der Waals surface area contributed by atoms with Crippen LogP contribution in [-0.4, -0.2) is 37.4 Å². The number of amides is 3. The van der Waals surface area contributed by atoms with Gasteiger partial charge in [0.05, 0.1) is 6.61 Å². The summed E-state index contributed by atoms with van der Waals surface area (Å²) in [6.45, 7) is 4.25. The Bertz CT molecular complexity index is 1200. The van der Waals surface area contributed by atoms with E-state index in [-0.39, 0.29) is 23.0 Å². The van der Waals surface area contributed by atoms with E-state index >= 15 is 0 Å². The van der Waals surface area contributed by atoms with Gasteiger partial charge in [-0.2, -0.15) is 0 Å². The molecule has 0 aliphatic rings. The molecule has 0 aliphatic heterocycles. The monoisotopic (exact) mass is 437 g/mol. The van der Waals surface area contributed by atoms with Gasteiger partial charge in [0.2, 0.25) is 5.91 Å². The first kappa shape index (κ1) is 22.5. The fourth-order valence-electron chi connectivity index (χ4n) is 2.97. The van der Waals surface area contributed by atoms with Crippen LogP contribution < -0.4 is 26.3 Å². The summed E-state index contributed by atoms with van der Waals surface area (Å²) >= 11 is 0. The van der Waals surface area contributed by atoms with E-state index in [4.69, 9.17) is 9.15 Å². The molecule has 0 saturated carbocycles. The Labute approximate surface area is 183 Å². The number of ether oxygens (including phenoxy) is 1. The highest BCUT2D eigenvalue weighted by Crippen LogP contribution is 2.25. The lowest BCUT2D eigenvalue weighted by molar-refractivity contribution is -0.118. The minimum Gasteiger partial charge on any atom is -0.490 e. The second kappa shape index (κ2) is 10.3. The number of para-hydroxylation sites is 1. The Morgan fingerprint density at radius 2 is 1.69 bits per heavy atom. The standard InChI is InChI=1S/C23H23N3O6/c1-3-31-19-6-4-5-16-13-18(23(30)32-20(16)19)22(29)26-17-9-7-15(8-10-17)21(28)25-12-11-24-14(2)27/h4-10,13H,3,11-12H2,1-2H3,(H,24,27)(H,25,28)(H,26,29). The van der Waals surface area contributed by atoms with E-state index in [1.54, 1.807) is 42.5 Å². The lowest BCUT2D eigenvalue weighted by Gasteiger charge is -2.09. The molecule has 0 radical (unpaired) electrons. The van der Waals surface area contributed by atoms with Crippen molar-refractivity contribution in [2.45, 2.75) is 13.8 Å². The number of nitrogens with one attached hydrogen (secondary N) is 3. The SMILES string of the molecule is CCOc1cccc2cc(C(=O)Nc3ccc(C(=O)NCCNC(C)=O)cc3)c(=O)oc12. The van der Waals surface area contributed by atoms with Crippen molar-refractivity contribution >= 4 is 34.4 Å². The molecule has 166 valence electrons. The molecule has 32 heavy (non-hydrogen) atoms. The van der Waals surface area contributed by atoms with Crippen molar-refractivity contribution in [3.8, 4) is 5.75 Å². The molecule has 3 aromatic rings. The molecule has 3 amide bonds. The Morgan fingerprint density at radius 3 is 2.38 bits per heavy atom. The van der Waals surface area contributed by atoms with Gasteiger partial charge >= 0.3 is 5.63 Å². The summed E-state index contributed by atoms with van der Waals surface area (Å²) in [7, 11) is 0. The van der Waals surface area contributed by atoms with Crippen molar-refractivity contribution in [3.63, 3.8) is 0 Å². The van der Waals surface area contributed by atoms with Crippen LogP contribution in [-0.2, 0) is 4.79 Å². The molecule has 1 aromatic heterocycles. The van der Waals surface area contributed by atoms with Gasteiger partial charge in [0, 0.05) is 36.7 Å². The fourth-order valence-corrected chi connectivity index (χ4v) is 2.97. The van der Waals surface area contributed by atoms with Crippen LogP contribution in [0.3, 0.4) is 0 Å². The number of benzene rings is 2. The van der Waals surface area contributed by atoms with Crippen LogP contribution >= 0.6 is 0 Å². The third-order valence-electron chi connectivity index (χ3n) is 4.46. The number of hydrogen-bond donors (Lipinski definition) is 3. The second-order valence-corrected chi connectivity index (χ2v) is 6.83. The largest absolute Gasteiger partial charge is 0.490 e. The minimum absolute atomic E-state index is 0.147. The Morgan fingerprint density at radius 1 is 0.969 bits per heavy atom. The maximum atomic E-state index is 12.6. The summed E-state index contributed by atoms with van der Waals surface area (Å²) in [4.78, 5) is 47.9. The van der Waals surface area contributed by atoms with Crippen molar-refractivity contribution in [1.29, 1.82) is 0 Å². The van der Waals surface area contributed by atoms with E-state index in [9.17, 15) is 19.2 Å². The van der Waals surface area contributed by atoms with Gasteiger partial charge in [0.1, 0.15) is 5.56 Å². The molecular formula is C23H23N3O6. The van der Waals surface area contributed by atoms with Crippen LogP contribution in [0.25, 0.3) is 11.0 Å². The third-order valence-corrected chi connectivity index (χ3v) is 4.46. The van der Waals surface area contributed by atoms with Crippen LogP contribution in [0, 0.1) is 0 Å². The molecule has 0 saturated heterocycles. The number of hydrogen-bond acceptors (Lipinski definition) is 6. The smallest absolute Gasteiger partial charge is 0.349 e. The van der Waals surface area contributed by atoms with Crippen LogP contribution in [0.5, 0.6) is 5.75 Å². The summed E-state index contributed by atoms with van der Waals surface area (Å²) < 4.78 is 10.8. The van der Waals surface area contributed by atoms with E-state index < -0.39 is 11.5 Å². The van der Waals surface area contributed by atoms with Crippen molar-refractivity contribution in [2.75, 3.05) is 25.0 Å². The first-order valence-corrected chi connectivity index (χ1v) is 10.0. The number of anilines is 1. The zero-order valence-electron chi connectivity index (χ0n) is 17.7. The molecule has 0 atom stereocenters. The van der Waals surface area contributed by atoms with Crippen molar-refractivity contribution in [1.82, 2.24) is 10.6 Å². The van der Waals surface area contributed by atoms with Gasteiger partial charge in [0.25, 0.3) is 11.8 Å². The maximum absolute atomic E-state index is 12.6. The fraction of sp³-hybridized carbons (Fsp3) is 0.217. The Balaban J connectivity index is 1.69. The average molecular weight is 437 g/mol. The molecular weight excluding hydrogens is 414 g/mol. The van der Waals surface area contributed by atoms with E-state index in [0.717, 1.165) is 0 Å². The lowest BCUT2D eigenvalue weighted by Crippen LogP contribution is -2.33. The Hall–Kier alpha value is -4.14. The molecule has 3 rings (SSSR count). The molecule has 0 unspecified atom stereocenters. The zero-order valence-corrected chi connectivity index (χ0v) is 17.7. The molecule has 1 heterocycles. The minimum atomic E-state index is -0.780. The van der Waals surface area contributed by atoms with Crippen molar-refractivity contribution in [3.05, 3.63) is 70.1 Å². The summed E-state index contributed by atoms with van der Waals surface area (Å²) in [5.41, 5.74) is 0.153. The Kier molecular flexibility index (Phi) is 7.22. The predicted octanol–water partition coefficient (Wildman–Crippen LogP) is 2.31. The topological polar surface area (TPSA) is 127 Å². The highest BCUT2D eigenvalue weighted by atomic mass is 16.5. The summed E-state index contributed by atoms with van der Waals surface area (Å²) in [5.74, 6) is -0.682. The molecule has 0 spiro atoms. The summed E-state index contributed by atoms with van der Waals surface area (Å²) in [5, 5.41) is 8.44. The van der Waals surface area contributed by atoms with Crippen LogP contribution in [0.4, 0.5) is 5.69 Å². The van der Waals surface area contributed by atoms with Crippen molar-refractivity contribution in [2.24, 2.45) is 0 Å². The third kappa shape index (κ3) is 5.51. The van der Waals surface area contributed by atoms with E-state index in [2.05, 4.69) is 16.0 Å². The normalized spacial score (nSPS) is 10.4. The maximum Gasteiger partial charge on any atom is 0.349 e. The summed E-state index contributed by atoms with van der Waals surface area (Å²) in [6, 6.07) is 12.8. The van der Waals surface area contributed by atoms with Crippen LogP contribution in [0.1, 0.15) is 34.6 Å². The van der Waals surface area contributed by atoms with Gasteiger partial charge in [0.15, 0.2) is 11.3 Å². The van der Waals surface area contributed by atoms with Crippen LogP contribution in [0.2, 0.25) is 0 Å². The van der Waals surface area contributed by atoms with E-state index in [0.29, 0.717) is 42.1 Å². The molecule has 0 bridgehead atoms. The second-order valence-electron chi connectivity index (χ2n) is 6.83. The van der Waals surface area contributed by atoms with Crippen molar-refractivity contribution < 1.29 is 23.5 Å². The number of carbonyl (C=O) groups is 3. The average Bonchev–Trinajstić information content (AvgIpc) is 2.77. The van der Waals surface area contributed by atoms with E-state index in [1.165, 1.54) is 13.0 Å². The molecule has 9 heteroatoms. The quantitative estimate of drug-likeness (QED) is 0.367. The van der Waals surface area contributed by atoms with Gasteiger partial charge < -0.3 is 25.1 Å². The predicted molar refractivity (Wildman–Crippen MR) is 119 cm³/mol. The molecule has 3 N–H and O–H groups in total. The van der Waals surface area contributed by atoms with Gasteiger partial charge in [-0.05, 0) is 43.3 Å². The molecule has 2 aromatic carbocycles. The highest BCUT2D eigenvalue weighted by molar-refractivity contribution is 6.06. The summed E-state index contributed by atoms with van der Waals surface area (Å²) in [6.07, 6.45) is 0. The number of rotatable bonds is 8. The van der Waals surface area contributed by atoms with Gasteiger partial charge in [-0.15, -0.1) is 0 Å². The van der Waals surface area contributed by atoms with Gasteiger partial charge in [-0.3, -0.25) is 14.4 Å². The number of fused-ring (bicyclic) bond motifs is 1. The van der Waals surface area contributed by atoms with Gasteiger partial charge in [-0.1, -0.05) is 12.1 Å². The first-order chi connectivity index (χ1) is 15.4. The van der Waals surface area contributed by atoms with Crippen LogP contribution in [0.15, 0.2) is 57.7 Å². The van der Waals surface area contributed by atoms with Gasteiger partial charge in [-0.25, -0.2) is 4.79 Å². The molecule has 9 nitrogen and oxygen atoms in total. The molecule has 0 aliphatic carbocycles.